The summed E-state index contributed by atoms with van der Waals surface area (Å²) in [4.78, 5) is 34.4. The number of hydrogen-bond donors (Lipinski definition) is 1. The highest BCUT2D eigenvalue weighted by Gasteiger charge is 2.36. The SMILES string of the molecule is CCOC(=O)Cc1c(Cl)nc(Cl)nc1NC(C)[C@@H]1CCCN1C(=O)OC(C)(C)C. The summed E-state index contributed by atoms with van der Waals surface area (Å²) >= 11 is 12.2. The molecule has 8 nitrogen and oxygen atoms in total. The average Bonchev–Trinajstić information content (AvgIpc) is 3.06. The second-order valence-electron chi connectivity index (χ2n) is 7.91. The van der Waals surface area contributed by atoms with Gasteiger partial charge in [0.2, 0.25) is 5.28 Å². The lowest BCUT2D eigenvalue weighted by Gasteiger charge is -2.32. The van der Waals surface area contributed by atoms with Crippen LogP contribution in [0, 0.1) is 0 Å². The van der Waals surface area contributed by atoms with Crippen LogP contribution in [-0.4, -0.2) is 57.8 Å². The van der Waals surface area contributed by atoms with Gasteiger partial charge in [-0.3, -0.25) is 4.79 Å². The number of halogens is 2. The van der Waals surface area contributed by atoms with Crippen molar-refractivity contribution >= 4 is 41.1 Å². The molecule has 1 aromatic heterocycles. The van der Waals surface area contributed by atoms with Gasteiger partial charge in [0.05, 0.1) is 19.1 Å². The van der Waals surface area contributed by atoms with Crippen LogP contribution in [0.5, 0.6) is 0 Å². The summed E-state index contributed by atoms with van der Waals surface area (Å²) in [5, 5.41) is 3.30. The predicted octanol–water partition coefficient (Wildman–Crippen LogP) is 4.09. The van der Waals surface area contributed by atoms with E-state index in [1.54, 1.807) is 11.8 Å². The van der Waals surface area contributed by atoms with Gasteiger partial charge in [0, 0.05) is 18.2 Å². The molecule has 0 aromatic carbocycles. The van der Waals surface area contributed by atoms with Gasteiger partial charge >= 0.3 is 12.1 Å². The molecule has 1 N–H and O–H groups in total. The molecule has 0 aliphatic carbocycles. The van der Waals surface area contributed by atoms with Crippen LogP contribution in [0.25, 0.3) is 0 Å². The second kappa shape index (κ2) is 9.80. The van der Waals surface area contributed by atoms with Crippen molar-refractivity contribution in [3.05, 3.63) is 16.0 Å². The third-order valence-corrected chi connectivity index (χ3v) is 4.91. The van der Waals surface area contributed by atoms with Gasteiger partial charge in [0.15, 0.2) is 0 Å². The van der Waals surface area contributed by atoms with Gasteiger partial charge in [-0.05, 0) is 59.1 Å². The standard InChI is InChI=1S/C19H28Cl2N4O4/c1-6-28-14(26)10-12-15(20)23-17(21)24-16(12)22-11(2)13-8-7-9-25(13)18(27)29-19(3,4)5/h11,13H,6-10H2,1-5H3,(H,22,23,24)/t11?,13-/m0/s1. The van der Waals surface area contributed by atoms with Crippen LogP contribution in [0.1, 0.15) is 53.0 Å². The summed E-state index contributed by atoms with van der Waals surface area (Å²) in [5.74, 6) is -0.0844. The Balaban J connectivity index is 2.19. The van der Waals surface area contributed by atoms with E-state index in [0.29, 0.717) is 17.9 Å². The second-order valence-corrected chi connectivity index (χ2v) is 8.60. The van der Waals surface area contributed by atoms with Crippen LogP contribution in [0.3, 0.4) is 0 Å². The minimum atomic E-state index is -0.568. The van der Waals surface area contributed by atoms with Crippen LogP contribution in [0.15, 0.2) is 0 Å². The van der Waals surface area contributed by atoms with E-state index >= 15 is 0 Å². The first-order valence-corrected chi connectivity index (χ1v) is 10.4. The fourth-order valence-electron chi connectivity index (χ4n) is 3.23. The molecule has 1 saturated heterocycles. The zero-order valence-electron chi connectivity index (χ0n) is 17.4. The van der Waals surface area contributed by atoms with E-state index in [1.165, 1.54) is 0 Å². The third-order valence-electron chi connectivity index (χ3n) is 4.42. The zero-order valence-corrected chi connectivity index (χ0v) is 18.9. The highest BCUT2D eigenvalue weighted by atomic mass is 35.5. The Hall–Kier alpha value is -1.80. The molecule has 1 aliphatic rings. The molecule has 2 rings (SSSR count). The summed E-state index contributed by atoms with van der Waals surface area (Å²) in [7, 11) is 0. The van der Waals surface area contributed by atoms with Gasteiger partial charge in [0.1, 0.15) is 16.6 Å². The number of likely N-dealkylation sites (tertiary alicyclic amines) is 1. The number of amides is 1. The van der Waals surface area contributed by atoms with E-state index in [1.807, 2.05) is 27.7 Å². The molecular formula is C19H28Cl2N4O4. The molecule has 1 fully saturated rings. The van der Waals surface area contributed by atoms with Crippen molar-refractivity contribution in [2.24, 2.45) is 0 Å². The summed E-state index contributed by atoms with van der Waals surface area (Å²) in [6.07, 6.45) is 1.25. The molecule has 1 aromatic rings. The first-order chi connectivity index (χ1) is 13.5. The number of nitrogens with one attached hydrogen (secondary N) is 1. The number of hydrogen-bond acceptors (Lipinski definition) is 7. The zero-order chi connectivity index (χ0) is 21.8. The van der Waals surface area contributed by atoms with Crippen molar-refractivity contribution < 1.29 is 19.1 Å². The number of nitrogens with zero attached hydrogens (tertiary/aromatic N) is 3. The number of anilines is 1. The molecule has 2 heterocycles. The topological polar surface area (TPSA) is 93.6 Å². The van der Waals surface area contributed by atoms with Crippen molar-refractivity contribution in [1.82, 2.24) is 14.9 Å². The number of aromatic nitrogens is 2. The monoisotopic (exact) mass is 446 g/mol. The minimum absolute atomic E-state index is 0.0345. The molecule has 162 valence electrons. The Morgan fingerprint density at radius 1 is 1.31 bits per heavy atom. The molecule has 0 radical (unpaired) electrons. The largest absolute Gasteiger partial charge is 0.466 e. The first-order valence-electron chi connectivity index (χ1n) is 9.65. The fourth-order valence-corrected chi connectivity index (χ4v) is 3.68. The number of carbonyl (C=O) groups is 2. The van der Waals surface area contributed by atoms with Gasteiger partial charge in [-0.25, -0.2) is 14.8 Å². The van der Waals surface area contributed by atoms with Crippen molar-refractivity contribution in [1.29, 1.82) is 0 Å². The van der Waals surface area contributed by atoms with Gasteiger partial charge in [-0.15, -0.1) is 0 Å². The summed E-state index contributed by atoms with van der Waals surface area (Å²) in [6.45, 7) is 10.1. The van der Waals surface area contributed by atoms with Crippen LogP contribution in [0.4, 0.5) is 10.6 Å². The normalized spacial score (nSPS) is 17.8. The molecule has 10 heteroatoms. The molecule has 1 unspecified atom stereocenters. The van der Waals surface area contributed by atoms with E-state index in [4.69, 9.17) is 32.7 Å². The van der Waals surface area contributed by atoms with Crippen LogP contribution in [-0.2, 0) is 20.7 Å². The highest BCUT2D eigenvalue weighted by molar-refractivity contribution is 6.32. The van der Waals surface area contributed by atoms with Crippen LogP contribution >= 0.6 is 23.2 Å². The van der Waals surface area contributed by atoms with Gasteiger partial charge < -0.3 is 19.7 Å². The molecule has 1 amide bonds. The van der Waals surface area contributed by atoms with Gasteiger partial charge in [0.25, 0.3) is 0 Å². The van der Waals surface area contributed by atoms with E-state index in [9.17, 15) is 9.59 Å². The lowest BCUT2D eigenvalue weighted by molar-refractivity contribution is -0.142. The van der Waals surface area contributed by atoms with E-state index in [2.05, 4.69) is 15.3 Å². The summed E-state index contributed by atoms with van der Waals surface area (Å²) in [5.41, 5.74) is -0.162. The number of esters is 1. The fraction of sp³-hybridized carbons (Fsp3) is 0.684. The average molecular weight is 447 g/mol. The lowest BCUT2D eigenvalue weighted by atomic mass is 10.1. The Kier molecular flexibility index (Phi) is 7.94. The molecule has 29 heavy (non-hydrogen) atoms. The molecule has 0 saturated carbocycles. The van der Waals surface area contributed by atoms with Gasteiger partial charge in [-0.2, -0.15) is 0 Å². The van der Waals surface area contributed by atoms with Crippen molar-refractivity contribution in [3.8, 4) is 0 Å². The molecule has 0 spiro atoms. The quantitative estimate of drug-likeness (QED) is 0.399. The lowest BCUT2D eigenvalue weighted by Crippen LogP contribution is -2.46. The Labute approximate surface area is 181 Å². The number of carbonyl (C=O) groups excluding carboxylic acids is 2. The van der Waals surface area contributed by atoms with E-state index < -0.39 is 11.6 Å². The minimum Gasteiger partial charge on any atom is -0.466 e. The Bertz CT molecular complexity index is 754. The van der Waals surface area contributed by atoms with Crippen molar-refractivity contribution in [3.63, 3.8) is 0 Å². The summed E-state index contributed by atoms with van der Waals surface area (Å²) < 4.78 is 10.5. The van der Waals surface area contributed by atoms with Crippen molar-refractivity contribution in [2.45, 2.75) is 71.6 Å². The van der Waals surface area contributed by atoms with E-state index in [-0.39, 0.29) is 41.6 Å². The maximum absolute atomic E-state index is 12.6. The van der Waals surface area contributed by atoms with Crippen molar-refractivity contribution in [2.75, 3.05) is 18.5 Å². The summed E-state index contributed by atoms with van der Waals surface area (Å²) in [6, 6.07) is -0.291. The smallest absolute Gasteiger partial charge is 0.410 e. The third kappa shape index (κ3) is 6.60. The Morgan fingerprint density at radius 3 is 2.62 bits per heavy atom. The predicted molar refractivity (Wildman–Crippen MR) is 111 cm³/mol. The van der Waals surface area contributed by atoms with Gasteiger partial charge in [-0.1, -0.05) is 11.6 Å². The Morgan fingerprint density at radius 2 is 2.00 bits per heavy atom. The number of rotatable bonds is 6. The maximum Gasteiger partial charge on any atom is 0.410 e. The first kappa shape index (κ1) is 23.5. The molecule has 1 aliphatic heterocycles. The number of ether oxygens (including phenoxy) is 2. The molecule has 2 atom stereocenters. The highest BCUT2D eigenvalue weighted by Crippen LogP contribution is 2.28. The molecule has 0 bridgehead atoms. The van der Waals surface area contributed by atoms with Crippen LogP contribution < -0.4 is 5.32 Å². The maximum atomic E-state index is 12.6. The van der Waals surface area contributed by atoms with Crippen LogP contribution in [0.2, 0.25) is 10.4 Å². The molecular weight excluding hydrogens is 419 g/mol. The van der Waals surface area contributed by atoms with E-state index in [0.717, 1.165) is 12.8 Å².